The van der Waals surface area contributed by atoms with Gasteiger partial charge in [-0.05, 0) is 85.3 Å². The topological polar surface area (TPSA) is 117 Å². The first-order chi connectivity index (χ1) is 22.9. The van der Waals surface area contributed by atoms with Gasteiger partial charge in [0.05, 0.1) is 32.0 Å². The molecule has 0 atom stereocenters. The molecule has 48 heavy (non-hydrogen) atoms. The molecule has 250 valence electrons. The van der Waals surface area contributed by atoms with Crippen molar-refractivity contribution in [3.63, 3.8) is 0 Å². The lowest BCUT2D eigenvalue weighted by atomic mass is 9.83. The first kappa shape index (κ1) is 35.4. The van der Waals surface area contributed by atoms with Crippen LogP contribution < -0.4 is 5.32 Å². The molecule has 0 aliphatic carbocycles. The molecule has 0 radical (unpaired) electrons. The van der Waals surface area contributed by atoms with Crippen molar-refractivity contribution in [1.82, 2.24) is 5.32 Å². The number of hydrogen-bond acceptors (Lipinski definition) is 8. The van der Waals surface area contributed by atoms with Crippen LogP contribution in [0.1, 0.15) is 59.5 Å². The number of ether oxygens (including phenoxy) is 4. The van der Waals surface area contributed by atoms with Crippen LogP contribution in [0.2, 0.25) is 0 Å². The number of carbonyl (C=O) groups is 4. The minimum absolute atomic E-state index is 0.123. The standard InChI is InChI=1S/C39H41NO8/c1-7-47-36(43)39(40-37(44)48-38(2,3)4,24-26-8-12-28(13-9-26)30-16-20-32(21-17-30)34(41)45-5)25-27-10-14-29(15-11-27)31-18-22-33(23-19-31)35(42)46-6/h8-23H,7,24-25H2,1-6H3,(H,40,44). The van der Waals surface area contributed by atoms with Gasteiger partial charge in [-0.15, -0.1) is 0 Å². The maximum Gasteiger partial charge on any atom is 0.408 e. The fraction of sp³-hybridized carbons (Fsp3) is 0.282. The van der Waals surface area contributed by atoms with E-state index < -0.39 is 35.1 Å². The monoisotopic (exact) mass is 651 g/mol. The molecule has 1 N–H and O–H groups in total. The fourth-order valence-electron chi connectivity index (χ4n) is 5.27. The highest BCUT2D eigenvalue weighted by atomic mass is 16.6. The van der Waals surface area contributed by atoms with Crippen molar-refractivity contribution in [1.29, 1.82) is 0 Å². The smallest absolute Gasteiger partial charge is 0.408 e. The van der Waals surface area contributed by atoms with Gasteiger partial charge >= 0.3 is 24.0 Å². The second kappa shape index (κ2) is 15.4. The van der Waals surface area contributed by atoms with E-state index in [1.54, 1.807) is 52.0 Å². The molecule has 4 aromatic rings. The lowest BCUT2D eigenvalue weighted by molar-refractivity contribution is -0.151. The summed E-state index contributed by atoms with van der Waals surface area (Å²) in [7, 11) is 2.68. The van der Waals surface area contributed by atoms with Crippen molar-refractivity contribution in [3.05, 3.63) is 119 Å². The molecule has 0 unspecified atom stereocenters. The molecule has 9 nitrogen and oxygen atoms in total. The van der Waals surface area contributed by atoms with Gasteiger partial charge in [0.2, 0.25) is 0 Å². The Morgan fingerprint density at radius 2 is 0.938 bits per heavy atom. The molecule has 0 heterocycles. The van der Waals surface area contributed by atoms with Crippen molar-refractivity contribution >= 4 is 24.0 Å². The van der Waals surface area contributed by atoms with E-state index in [9.17, 15) is 19.2 Å². The van der Waals surface area contributed by atoms with Gasteiger partial charge < -0.3 is 24.3 Å². The number of hydrogen-bond donors (Lipinski definition) is 1. The number of rotatable bonds is 11. The molecule has 0 aromatic heterocycles. The molecule has 4 aromatic carbocycles. The van der Waals surface area contributed by atoms with E-state index in [2.05, 4.69) is 5.32 Å². The summed E-state index contributed by atoms with van der Waals surface area (Å²) in [5.74, 6) is -1.40. The SMILES string of the molecule is CCOC(=O)C(Cc1ccc(-c2ccc(C(=O)OC)cc2)cc1)(Cc1ccc(-c2ccc(C(=O)OC)cc2)cc1)NC(=O)OC(C)(C)C. The maximum absolute atomic E-state index is 13.8. The van der Waals surface area contributed by atoms with Gasteiger partial charge in [0.15, 0.2) is 0 Å². The van der Waals surface area contributed by atoms with Gasteiger partial charge in [-0.25, -0.2) is 19.2 Å². The molecular weight excluding hydrogens is 610 g/mol. The Kier molecular flexibility index (Phi) is 11.4. The number of carbonyl (C=O) groups excluding carboxylic acids is 4. The van der Waals surface area contributed by atoms with Crippen LogP contribution in [-0.2, 0) is 36.6 Å². The summed E-state index contributed by atoms with van der Waals surface area (Å²) in [6, 6.07) is 29.4. The Hall–Kier alpha value is -5.44. The highest BCUT2D eigenvalue weighted by Gasteiger charge is 2.43. The Morgan fingerprint density at radius 1 is 0.583 bits per heavy atom. The molecule has 0 saturated heterocycles. The summed E-state index contributed by atoms with van der Waals surface area (Å²) >= 11 is 0. The lowest BCUT2D eigenvalue weighted by Gasteiger charge is -2.34. The van der Waals surface area contributed by atoms with E-state index in [4.69, 9.17) is 18.9 Å². The second-order valence-electron chi connectivity index (χ2n) is 12.3. The Morgan fingerprint density at radius 3 is 1.25 bits per heavy atom. The first-order valence-corrected chi connectivity index (χ1v) is 15.6. The molecule has 0 aliphatic rings. The number of methoxy groups -OCH3 is 2. The van der Waals surface area contributed by atoms with Gasteiger partial charge in [-0.3, -0.25) is 0 Å². The molecule has 0 saturated carbocycles. The average molecular weight is 652 g/mol. The molecule has 1 amide bonds. The van der Waals surface area contributed by atoms with E-state index >= 15 is 0 Å². The number of amides is 1. The van der Waals surface area contributed by atoms with E-state index in [1.165, 1.54) is 14.2 Å². The van der Waals surface area contributed by atoms with Gasteiger partial charge in [0, 0.05) is 12.8 Å². The van der Waals surface area contributed by atoms with Crippen LogP contribution in [0.5, 0.6) is 0 Å². The third-order valence-corrected chi connectivity index (χ3v) is 7.60. The zero-order chi connectivity index (χ0) is 34.9. The van der Waals surface area contributed by atoms with Crippen LogP contribution in [0.15, 0.2) is 97.1 Å². The van der Waals surface area contributed by atoms with Crippen molar-refractivity contribution in [2.45, 2.75) is 51.7 Å². The zero-order valence-corrected chi connectivity index (χ0v) is 28.1. The lowest BCUT2D eigenvalue weighted by Crippen LogP contribution is -2.59. The minimum atomic E-state index is -1.49. The van der Waals surface area contributed by atoms with Gasteiger partial charge in [-0.2, -0.15) is 0 Å². The molecule has 0 aliphatic heterocycles. The zero-order valence-electron chi connectivity index (χ0n) is 28.1. The summed E-state index contributed by atoms with van der Waals surface area (Å²) in [5, 5.41) is 2.88. The maximum atomic E-state index is 13.8. The number of benzene rings is 4. The van der Waals surface area contributed by atoms with E-state index in [0.717, 1.165) is 33.4 Å². The Bertz CT molecular complexity index is 1610. The summed E-state index contributed by atoms with van der Waals surface area (Å²) in [6.45, 7) is 7.11. The van der Waals surface area contributed by atoms with Crippen LogP contribution in [0, 0.1) is 0 Å². The fourth-order valence-corrected chi connectivity index (χ4v) is 5.27. The molecular formula is C39H41NO8. The van der Waals surface area contributed by atoms with Crippen molar-refractivity contribution < 1.29 is 38.1 Å². The van der Waals surface area contributed by atoms with E-state index in [0.29, 0.717) is 11.1 Å². The van der Waals surface area contributed by atoms with E-state index in [1.807, 2.05) is 72.8 Å². The number of nitrogens with one attached hydrogen (secondary N) is 1. The molecule has 9 heteroatoms. The van der Waals surface area contributed by atoms with Gasteiger partial charge in [0.1, 0.15) is 11.1 Å². The Labute approximate surface area is 281 Å². The summed E-state index contributed by atoms with van der Waals surface area (Å²) in [5.41, 5.74) is 3.82. The van der Waals surface area contributed by atoms with Crippen LogP contribution in [0.4, 0.5) is 4.79 Å². The predicted octanol–water partition coefficient (Wildman–Crippen LogP) is 7.21. The summed E-state index contributed by atoms with van der Waals surface area (Å²) in [4.78, 5) is 50.7. The van der Waals surface area contributed by atoms with Crippen molar-refractivity contribution in [2.75, 3.05) is 20.8 Å². The largest absolute Gasteiger partial charge is 0.465 e. The van der Waals surface area contributed by atoms with Crippen LogP contribution in [0.25, 0.3) is 22.3 Å². The third kappa shape index (κ3) is 9.09. The van der Waals surface area contributed by atoms with Gasteiger partial charge in [0.25, 0.3) is 0 Å². The second-order valence-corrected chi connectivity index (χ2v) is 12.3. The van der Waals surface area contributed by atoms with Crippen molar-refractivity contribution in [3.8, 4) is 22.3 Å². The van der Waals surface area contributed by atoms with Crippen molar-refractivity contribution in [2.24, 2.45) is 0 Å². The predicted molar refractivity (Wildman–Crippen MR) is 183 cm³/mol. The molecule has 0 fully saturated rings. The Balaban J connectivity index is 1.65. The third-order valence-electron chi connectivity index (χ3n) is 7.60. The first-order valence-electron chi connectivity index (χ1n) is 15.6. The van der Waals surface area contributed by atoms with Crippen LogP contribution >= 0.6 is 0 Å². The van der Waals surface area contributed by atoms with Crippen LogP contribution in [0.3, 0.4) is 0 Å². The van der Waals surface area contributed by atoms with Gasteiger partial charge in [-0.1, -0.05) is 72.8 Å². The average Bonchev–Trinajstić information content (AvgIpc) is 3.07. The highest BCUT2D eigenvalue weighted by Crippen LogP contribution is 2.28. The normalized spacial score (nSPS) is 11.3. The van der Waals surface area contributed by atoms with E-state index in [-0.39, 0.29) is 19.4 Å². The molecule has 4 rings (SSSR count). The molecule has 0 bridgehead atoms. The summed E-state index contributed by atoms with van der Waals surface area (Å²) in [6.07, 6.45) is -0.479. The number of alkyl carbamates (subject to hydrolysis) is 1. The van der Waals surface area contributed by atoms with Crippen LogP contribution in [-0.4, -0.2) is 56.0 Å². The highest BCUT2D eigenvalue weighted by molar-refractivity contribution is 5.91. The molecule has 0 spiro atoms. The number of esters is 3. The minimum Gasteiger partial charge on any atom is -0.465 e. The quantitative estimate of drug-likeness (QED) is 0.134. The summed E-state index contributed by atoms with van der Waals surface area (Å²) < 4.78 is 20.7.